The number of hydrogen-bond acceptors (Lipinski definition) is 4. The maximum Gasteiger partial charge on any atom is 0.264 e. The van der Waals surface area contributed by atoms with Gasteiger partial charge < -0.3 is 10.2 Å². The molecule has 7 nitrogen and oxygen atoms in total. The van der Waals surface area contributed by atoms with E-state index >= 15 is 0 Å². The molecule has 0 bridgehead atoms. The van der Waals surface area contributed by atoms with Gasteiger partial charge in [0.15, 0.2) is 0 Å². The number of amides is 2. The molecule has 1 aliphatic carbocycles. The first-order chi connectivity index (χ1) is 19.6. The van der Waals surface area contributed by atoms with Crippen molar-refractivity contribution < 1.29 is 18.0 Å². The molecular formula is C32H38ClN3O4S. The Kier molecular flexibility index (Phi) is 10.1. The van der Waals surface area contributed by atoms with Crippen LogP contribution in [0.2, 0.25) is 5.02 Å². The van der Waals surface area contributed by atoms with Crippen LogP contribution in [-0.2, 0) is 26.2 Å². The normalized spacial score (nSPS) is 14.4. The van der Waals surface area contributed by atoms with Crippen molar-refractivity contribution in [1.82, 2.24) is 10.2 Å². The predicted molar refractivity (Wildman–Crippen MR) is 163 cm³/mol. The zero-order chi connectivity index (χ0) is 29.6. The lowest BCUT2D eigenvalue weighted by atomic mass is 10.1. The number of anilines is 1. The number of sulfonamides is 1. The molecule has 0 aliphatic heterocycles. The summed E-state index contributed by atoms with van der Waals surface area (Å²) in [5.74, 6) is -0.673. The Morgan fingerprint density at radius 3 is 2.20 bits per heavy atom. The van der Waals surface area contributed by atoms with Gasteiger partial charge in [-0.15, -0.1) is 0 Å². The van der Waals surface area contributed by atoms with Crippen LogP contribution in [0.25, 0.3) is 0 Å². The topological polar surface area (TPSA) is 86.8 Å². The maximum atomic E-state index is 14.2. The van der Waals surface area contributed by atoms with E-state index in [0.717, 1.165) is 46.7 Å². The molecule has 2 amide bonds. The van der Waals surface area contributed by atoms with Gasteiger partial charge in [-0.25, -0.2) is 8.42 Å². The number of rotatable bonds is 11. The van der Waals surface area contributed by atoms with Gasteiger partial charge in [0, 0.05) is 17.6 Å². The molecule has 1 aliphatic rings. The van der Waals surface area contributed by atoms with Crippen molar-refractivity contribution in [3.05, 3.63) is 94.5 Å². The third-order valence-corrected chi connectivity index (χ3v) is 9.73. The van der Waals surface area contributed by atoms with E-state index in [0.29, 0.717) is 17.1 Å². The van der Waals surface area contributed by atoms with Gasteiger partial charge in [-0.1, -0.05) is 73.3 Å². The van der Waals surface area contributed by atoms with E-state index in [4.69, 9.17) is 11.6 Å². The number of nitrogens with zero attached hydrogens (tertiary/aromatic N) is 2. The fourth-order valence-electron chi connectivity index (χ4n) is 5.23. The number of hydrogen-bond donors (Lipinski definition) is 1. The van der Waals surface area contributed by atoms with Crippen LogP contribution in [0.4, 0.5) is 5.69 Å². The molecule has 1 saturated carbocycles. The molecule has 1 N–H and O–H groups in total. The molecule has 0 radical (unpaired) electrons. The standard InChI is InChI=1S/C32H38ClN3O4S/c1-4-30(32(38)34-27-11-7-8-12-27)35(21-25-10-6-5-9-24(25)3)31(37)22-36(28-17-15-26(33)16-18-28)41(39,40)29-19-13-23(2)14-20-29/h5-6,9-10,13-20,27,30H,4,7-8,11-12,21-22H2,1-3H3,(H,34,38)/t30-/m1/s1. The van der Waals surface area contributed by atoms with Crippen LogP contribution in [0.15, 0.2) is 77.7 Å². The molecule has 0 unspecified atom stereocenters. The van der Waals surface area contributed by atoms with E-state index in [1.54, 1.807) is 36.4 Å². The number of carbonyl (C=O) groups excluding carboxylic acids is 2. The summed E-state index contributed by atoms with van der Waals surface area (Å²) < 4.78 is 29.0. The molecule has 218 valence electrons. The predicted octanol–water partition coefficient (Wildman–Crippen LogP) is 6.02. The first-order valence-corrected chi connectivity index (χ1v) is 15.9. The first kappa shape index (κ1) is 30.6. The molecule has 0 aromatic heterocycles. The van der Waals surface area contributed by atoms with E-state index in [1.165, 1.54) is 17.0 Å². The van der Waals surface area contributed by atoms with Crippen LogP contribution in [0.3, 0.4) is 0 Å². The molecule has 1 fully saturated rings. The third-order valence-electron chi connectivity index (χ3n) is 7.69. The summed E-state index contributed by atoms with van der Waals surface area (Å²) in [5.41, 5.74) is 3.11. The van der Waals surface area contributed by atoms with E-state index < -0.39 is 28.5 Å². The monoisotopic (exact) mass is 595 g/mol. The van der Waals surface area contributed by atoms with Gasteiger partial charge in [0.1, 0.15) is 12.6 Å². The lowest BCUT2D eigenvalue weighted by Crippen LogP contribution is -2.53. The van der Waals surface area contributed by atoms with Gasteiger partial charge >= 0.3 is 0 Å². The van der Waals surface area contributed by atoms with Crippen molar-refractivity contribution >= 4 is 39.1 Å². The average molecular weight is 596 g/mol. The smallest absolute Gasteiger partial charge is 0.264 e. The summed E-state index contributed by atoms with van der Waals surface area (Å²) in [6.07, 6.45) is 4.38. The minimum atomic E-state index is -4.12. The summed E-state index contributed by atoms with van der Waals surface area (Å²) in [5, 5.41) is 3.59. The summed E-state index contributed by atoms with van der Waals surface area (Å²) in [6, 6.07) is 19.9. The van der Waals surface area contributed by atoms with Crippen LogP contribution in [0, 0.1) is 13.8 Å². The molecule has 0 spiro atoms. The van der Waals surface area contributed by atoms with Crippen molar-refractivity contribution in [3.8, 4) is 0 Å². The van der Waals surface area contributed by atoms with Crippen molar-refractivity contribution in [2.75, 3.05) is 10.8 Å². The zero-order valence-corrected chi connectivity index (χ0v) is 25.4. The van der Waals surface area contributed by atoms with E-state index in [1.807, 2.05) is 45.0 Å². The van der Waals surface area contributed by atoms with Gasteiger partial charge in [0.25, 0.3) is 10.0 Å². The molecule has 0 heterocycles. The van der Waals surface area contributed by atoms with Crippen molar-refractivity contribution in [2.45, 2.75) is 76.4 Å². The minimum absolute atomic E-state index is 0.0716. The van der Waals surface area contributed by atoms with Crippen molar-refractivity contribution in [1.29, 1.82) is 0 Å². The number of aryl methyl sites for hydroxylation is 2. The summed E-state index contributed by atoms with van der Waals surface area (Å²) in [6.45, 7) is 5.41. The Morgan fingerprint density at radius 2 is 1.59 bits per heavy atom. The Balaban J connectivity index is 1.72. The van der Waals surface area contributed by atoms with Crippen LogP contribution in [0.5, 0.6) is 0 Å². The SMILES string of the molecule is CC[C@H](C(=O)NC1CCCC1)N(Cc1ccccc1C)C(=O)CN(c1ccc(Cl)cc1)S(=O)(=O)c1ccc(C)cc1. The Morgan fingerprint density at radius 1 is 0.951 bits per heavy atom. The van der Waals surface area contributed by atoms with Gasteiger partial charge in [0.2, 0.25) is 11.8 Å². The fourth-order valence-corrected chi connectivity index (χ4v) is 6.77. The average Bonchev–Trinajstić information content (AvgIpc) is 3.46. The lowest BCUT2D eigenvalue weighted by Gasteiger charge is -2.34. The summed E-state index contributed by atoms with van der Waals surface area (Å²) >= 11 is 6.10. The molecule has 41 heavy (non-hydrogen) atoms. The van der Waals surface area contributed by atoms with Crippen LogP contribution in [-0.4, -0.2) is 43.8 Å². The molecule has 0 saturated heterocycles. The van der Waals surface area contributed by atoms with E-state index in [-0.39, 0.29) is 23.4 Å². The highest BCUT2D eigenvalue weighted by Gasteiger charge is 2.34. The third kappa shape index (κ3) is 7.49. The van der Waals surface area contributed by atoms with Crippen molar-refractivity contribution in [3.63, 3.8) is 0 Å². The van der Waals surface area contributed by atoms with Gasteiger partial charge in [-0.3, -0.25) is 13.9 Å². The second kappa shape index (κ2) is 13.5. The minimum Gasteiger partial charge on any atom is -0.352 e. The second-order valence-electron chi connectivity index (χ2n) is 10.7. The van der Waals surface area contributed by atoms with Gasteiger partial charge in [0.05, 0.1) is 10.6 Å². The summed E-state index contributed by atoms with van der Waals surface area (Å²) in [7, 11) is -4.12. The largest absolute Gasteiger partial charge is 0.352 e. The second-order valence-corrected chi connectivity index (χ2v) is 13.0. The maximum absolute atomic E-state index is 14.2. The molecule has 3 aromatic carbocycles. The highest BCUT2D eigenvalue weighted by molar-refractivity contribution is 7.92. The lowest BCUT2D eigenvalue weighted by molar-refractivity contribution is -0.140. The number of benzene rings is 3. The zero-order valence-electron chi connectivity index (χ0n) is 23.8. The fraction of sp³-hybridized carbons (Fsp3) is 0.375. The summed E-state index contributed by atoms with van der Waals surface area (Å²) in [4.78, 5) is 29.3. The van der Waals surface area contributed by atoms with Gasteiger partial charge in [-0.2, -0.15) is 0 Å². The highest BCUT2D eigenvalue weighted by Crippen LogP contribution is 2.27. The van der Waals surface area contributed by atoms with E-state index in [9.17, 15) is 18.0 Å². The Labute approximate surface area is 248 Å². The quantitative estimate of drug-likeness (QED) is 0.294. The molecular weight excluding hydrogens is 558 g/mol. The molecule has 9 heteroatoms. The van der Waals surface area contributed by atoms with Crippen molar-refractivity contribution in [2.24, 2.45) is 0 Å². The van der Waals surface area contributed by atoms with Crippen LogP contribution >= 0.6 is 11.6 Å². The number of carbonyl (C=O) groups is 2. The Hall–Kier alpha value is -3.36. The first-order valence-electron chi connectivity index (χ1n) is 14.1. The highest BCUT2D eigenvalue weighted by atomic mass is 35.5. The van der Waals surface area contributed by atoms with Crippen LogP contribution in [0.1, 0.15) is 55.7 Å². The molecule has 1 atom stereocenters. The molecule has 3 aromatic rings. The number of halogens is 1. The van der Waals surface area contributed by atoms with Gasteiger partial charge in [-0.05, 0) is 80.6 Å². The molecule has 4 rings (SSSR count). The van der Waals surface area contributed by atoms with Crippen LogP contribution < -0.4 is 9.62 Å². The van der Waals surface area contributed by atoms with E-state index in [2.05, 4.69) is 5.32 Å². The number of nitrogens with one attached hydrogen (secondary N) is 1. The Bertz CT molecular complexity index is 1450.